The molecule has 3 aromatic rings. The number of para-hydroxylation sites is 1. The number of fused-ring (bicyclic) bond motifs is 1. The molecule has 0 aliphatic carbocycles. The second kappa shape index (κ2) is 5.39. The van der Waals surface area contributed by atoms with Gasteiger partial charge in [-0.1, -0.05) is 29.8 Å². The molecular formula is C16H13ClN2O. The smallest absolute Gasteiger partial charge is 0.120 e. The lowest BCUT2D eigenvalue weighted by Crippen LogP contribution is -1.93. The Hall–Kier alpha value is -2.26. The van der Waals surface area contributed by atoms with Gasteiger partial charge in [0.15, 0.2) is 0 Å². The van der Waals surface area contributed by atoms with Gasteiger partial charge in [-0.2, -0.15) is 0 Å². The fourth-order valence-corrected chi connectivity index (χ4v) is 2.33. The molecule has 0 radical (unpaired) electrons. The van der Waals surface area contributed by atoms with Crippen molar-refractivity contribution in [2.24, 2.45) is 0 Å². The lowest BCUT2D eigenvalue weighted by atomic mass is 10.2. The minimum atomic E-state index is 0.650. The van der Waals surface area contributed by atoms with E-state index in [9.17, 15) is 0 Å². The van der Waals surface area contributed by atoms with Crippen LogP contribution in [0, 0.1) is 0 Å². The van der Waals surface area contributed by atoms with Crippen LogP contribution in [-0.4, -0.2) is 12.1 Å². The summed E-state index contributed by atoms with van der Waals surface area (Å²) in [4.78, 5) is 4.32. The molecule has 4 heteroatoms. The van der Waals surface area contributed by atoms with Crippen LogP contribution in [0.5, 0.6) is 5.75 Å². The third kappa shape index (κ3) is 2.40. The first-order valence-corrected chi connectivity index (χ1v) is 6.60. The zero-order valence-corrected chi connectivity index (χ0v) is 11.7. The summed E-state index contributed by atoms with van der Waals surface area (Å²) in [6, 6.07) is 15.5. The van der Waals surface area contributed by atoms with Gasteiger partial charge < -0.3 is 10.1 Å². The molecule has 3 nitrogen and oxygen atoms in total. The standard InChI is InChI=1S/C16H13ClN2O/c1-20-12-5-2-4-11(10-12)19-15-8-9-18-16-13(15)6-3-7-14(16)17/h2-10H,1H3,(H,18,19). The van der Waals surface area contributed by atoms with Crippen LogP contribution in [0.2, 0.25) is 5.02 Å². The van der Waals surface area contributed by atoms with Crippen molar-refractivity contribution in [1.29, 1.82) is 0 Å². The summed E-state index contributed by atoms with van der Waals surface area (Å²) in [5.74, 6) is 0.811. The third-order valence-corrected chi connectivity index (χ3v) is 3.38. The van der Waals surface area contributed by atoms with E-state index in [0.717, 1.165) is 28.0 Å². The Bertz CT molecular complexity index is 758. The predicted molar refractivity (Wildman–Crippen MR) is 83.0 cm³/mol. The second-order valence-corrected chi connectivity index (χ2v) is 4.76. The topological polar surface area (TPSA) is 34.1 Å². The highest BCUT2D eigenvalue weighted by atomic mass is 35.5. The van der Waals surface area contributed by atoms with E-state index < -0.39 is 0 Å². The van der Waals surface area contributed by atoms with Gasteiger partial charge in [0.25, 0.3) is 0 Å². The van der Waals surface area contributed by atoms with Crippen LogP contribution >= 0.6 is 11.6 Å². The molecule has 3 rings (SSSR count). The molecule has 0 saturated carbocycles. The van der Waals surface area contributed by atoms with Crippen LogP contribution in [0.4, 0.5) is 11.4 Å². The first kappa shape index (κ1) is 12.8. The average molecular weight is 285 g/mol. The van der Waals surface area contributed by atoms with Crippen LogP contribution in [-0.2, 0) is 0 Å². The van der Waals surface area contributed by atoms with Crippen molar-refractivity contribution < 1.29 is 4.74 Å². The van der Waals surface area contributed by atoms with Crippen LogP contribution < -0.4 is 10.1 Å². The van der Waals surface area contributed by atoms with E-state index in [1.54, 1.807) is 13.3 Å². The number of methoxy groups -OCH3 is 1. The summed E-state index contributed by atoms with van der Waals surface area (Å²) < 4.78 is 5.23. The van der Waals surface area contributed by atoms with Gasteiger partial charge >= 0.3 is 0 Å². The van der Waals surface area contributed by atoms with Gasteiger partial charge in [-0.25, -0.2) is 0 Å². The Kier molecular flexibility index (Phi) is 3.44. The molecule has 20 heavy (non-hydrogen) atoms. The highest BCUT2D eigenvalue weighted by Gasteiger charge is 2.05. The van der Waals surface area contributed by atoms with Crippen molar-refractivity contribution in [2.45, 2.75) is 0 Å². The number of hydrogen-bond donors (Lipinski definition) is 1. The van der Waals surface area contributed by atoms with Crippen LogP contribution in [0.3, 0.4) is 0 Å². The molecule has 0 aliphatic heterocycles. The van der Waals surface area contributed by atoms with E-state index in [1.807, 2.05) is 48.5 Å². The van der Waals surface area contributed by atoms with Crippen molar-refractivity contribution >= 4 is 33.9 Å². The summed E-state index contributed by atoms with van der Waals surface area (Å²) in [6.45, 7) is 0. The first-order chi connectivity index (χ1) is 9.78. The molecule has 100 valence electrons. The Balaban J connectivity index is 2.04. The maximum absolute atomic E-state index is 6.17. The Morgan fingerprint density at radius 1 is 1.10 bits per heavy atom. The lowest BCUT2D eigenvalue weighted by Gasteiger charge is -2.11. The van der Waals surface area contributed by atoms with Gasteiger partial charge in [0.1, 0.15) is 5.75 Å². The maximum Gasteiger partial charge on any atom is 0.120 e. The van der Waals surface area contributed by atoms with E-state index in [-0.39, 0.29) is 0 Å². The molecule has 0 aliphatic rings. The molecule has 0 atom stereocenters. The Labute approximate surface area is 122 Å². The van der Waals surface area contributed by atoms with Crippen LogP contribution in [0.1, 0.15) is 0 Å². The summed E-state index contributed by atoms with van der Waals surface area (Å²) in [5.41, 5.74) is 2.71. The number of halogens is 1. The summed E-state index contributed by atoms with van der Waals surface area (Å²) >= 11 is 6.17. The zero-order chi connectivity index (χ0) is 13.9. The molecule has 0 saturated heterocycles. The van der Waals surface area contributed by atoms with Crippen molar-refractivity contribution in [2.75, 3.05) is 12.4 Å². The summed E-state index contributed by atoms with van der Waals surface area (Å²) in [5, 5.41) is 5.01. The second-order valence-electron chi connectivity index (χ2n) is 4.35. The average Bonchev–Trinajstić information content (AvgIpc) is 2.49. The molecule has 0 unspecified atom stereocenters. The maximum atomic E-state index is 6.17. The number of nitrogens with one attached hydrogen (secondary N) is 1. The van der Waals surface area contributed by atoms with E-state index in [4.69, 9.17) is 16.3 Å². The van der Waals surface area contributed by atoms with Gasteiger partial charge in [0.05, 0.1) is 17.6 Å². The number of rotatable bonds is 3. The van der Waals surface area contributed by atoms with Gasteiger partial charge in [0.2, 0.25) is 0 Å². The zero-order valence-electron chi connectivity index (χ0n) is 10.9. The van der Waals surface area contributed by atoms with Crippen molar-refractivity contribution in [3.8, 4) is 5.75 Å². The lowest BCUT2D eigenvalue weighted by molar-refractivity contribution is 0.415. The fourth-order valence-electron chi connectivity index (χ4n) is 2.11. The monoisotopic (exact) mass is 284 g/mol. The number of ether oxygens (including phenoxy) is 1. The molecule has 0 spiro atoms. The third-order valence-electron chi connectivity index (χ3n) is 3.07. The van der Waals surface area contributed by atoms with Crippen molar-refractivity contribution in [3.63, 3.8) is 0 Å². The van der Waals surface area contributed by atoms with Crippen molar-refractivity contribution in [1.82, 2.24) is 4.98 Å². The quantitative estimate of drug-likeness (QED) is 0.761. The molecule has 0 bridgehead atoms. The first-order valence-electron chi connectivity index (χ1n) is 6.22. The van der Waals surface area contributed by atoms with E-state index in [0.29, 0.717) is 5.02 Å². The molecule has 0 fully saturated rings. The minimum Gasteiger partial charge on any atom is -0.497 e. The fraction of sp³-hybridized carbons (Fsp3) is 0.0625. The molecule has 1 heterocycles. The highest BCUT2D eigenvalue weighted by Crippen LogP contribution is 2.29. The number of nitrogens with zero attached hydrogens (tertiary/aromatic N) is 1. The van der Waals surface area contributed by atoms with Crippen LogP contribution in [0.25, 0.3) is 10.9 Å². The summed E-state index contributed by atoms with van der Waals surface area (Å²) in [6.07, 6.45) is 1.75. The highest BCUT2D eigenvalue weighted by molar-refractivity contribution is 6.35. The van der Waals surface area contributed by atoms with Crippen LogP contribution in [0.15, 0.2) is 54.7 Å². The van der Waals surface area contributed by atoms with Gasteiger partial charge in [-0.15, -0.1) is 0 Å². The molecule has 2 aromatic carbocycles. The molecule has 0 amide bonds. The predicted octanol–water partition coefficient (Wildman–Crippen LogP) is 4.64. The molecule has 1 aromatic heterocycles. The largest absolute Gasteiger partial charge is 0.497 e. The minimum absolute atomic E-state index is 0.650. The SMILES string of the molecule is COc1cccc(Nc2ccnc3c(Cl)cccc23)c1. The Morgan fingerprint density at radius 2 is 1.95 bits per heavy atom. The van der Waals surface area contributed by atoms with E-state index >= 15 is 0 Å². The summed E-state index contributed by atoms with van der Waals surface area (Å²) in [7, 11) is 1.65. The number of benzene rings is 2. The molecular weight excluding hydrogens is 272 g/mol. The van der Waals surface area contributed by atoms with Gasteiger partial charge in [0, 0.05) is 29.0 Å². The number of pyridine rings is 1. The Morgan fingerprint density at radius 3 is 2.80 bits per heavy atom. The van der Waals surface area contributed by atoms with E-state index in [2.05, 4.69) is 10.3 Å². The number of hydrogen-bond acceptors (Lipinski definition) is 3. The molecule has 1 N–H and O–H groups in total. The van der Waals surface area contributed by atoms with Crippen molar-refractivity contribution in [3.05, 3.63) is 59.8 Å². The number of anilines is 2. The number of aromatic nitrogens is 1. The normalized spacial score (nSPS) is 10.5. The van der Waals surface area contributed by atoms with Gasteiger partial charge in [-0.3, -0.25) is 4.98 Å². The van der Waals surface area contributed by atoms with E-state index in [1.165, 1.54) is 0 Å². The van der Waals surface area contributed by atoms with Gasteiger partial charge in [-0.05, 0) is 24.3 Å².